The van der Waals surface area contributed by atoms with E-state index in [2.05, 4.69) is 52.8 Å². The third-order valence-electron chi connectivity index (χ3n) is 1.59. The second-order valence-corrected chi connectivity index (χ2v) is 3.52. The standard InChI is InChI=1S/C9H11BrS/c10-6-5-8-1-3-9(7-11)4-2-8/h1-4,11H,5-7H2. The number of halogens is 1. The highest BCUT2D eigenvalue weighted by Gasteiger charge is 1.91. The van der Waals surface area contributed by atoms with Crippen LogP contribution in [-0.4, -0.2) is 5.33 Å². The van der Waals surface area contributed by atoms with Crippen molar-refractivity contribution in [2.75, 3.05) is 5.33 Å². The first-order valence-corrected chi connectivity index (χ1v) is 5.37. The van der Waals surface area contributed by atoms with Gasteiger partial charge < -0.3 is 0 Å². The largest absolute Gasteiger partial charge is 0.175 e. The summed E-state index contributed by atoms with van der Waals surface area (Å²) in [5, 5.41) is 1.03. The van der Waals surface area contributed by atoms with E-state index in [9.17, 15) is 0 Å². The molecule has 0 atom stereocenters. The first-order valence-electron chi connectivity index (χ1n) is 3.61. The maximum Gasteiger partial charge on any atom is 0.0154 e. The summed E-state index contributed by atoms with van der Waals surface area (Å²) in [5.41, 5.74) is 2.67. The van der Waals surface area contributed by atoms with E-state index in [0.717, 1.165) is 17.5 Å². The molecule has 11 heavy (non-hydrogen) atoms. The third-order valence-corrected chi connectivity index (χ3v) is 2.35. The lowest BCUT2D eigenvalue weighted by Gasteiger charge is -1.98. The Morgan fingerprint density at radius 2 is 1.64 bits per heavy atom. The maximum atomic E-state index is 4.19. The molecule has 0 heterocycles. The fourth-order valence-corrected chi connectivity index (χ4v) is 1.59. The number of benzene rings is 1. The second kappa shape index (κ2) is 4.83. The van der Waals surface area contributed by atoms with E-state index >= 15 is 0 Å². The molecule has 0 fully saturated rings. The van der Waals surface area contributed by atoms with E-state index in [0.29, 0.717) is 0 Å². The Balaban J connectivity index is 2.66. The van der Waals surface area contributed by atoms with Crippen molar-refractivity contribution in [1.82, 2.24) is 0 Å². The Bertz CT molecular complexity index is 205. The van der Waals surface area contributed by atoms with Gasteiger partial charge in [0.15, 0.2) is 0 Å². The van der Waals surface area contributed by atoms with Crippen LogP contribution >= 0.6 is 28.6 Å². The summed E-state index contributed by atoms with van der Waals surface area (Å²) in [6, 6.07) is 8.58. The molecule has 0 radical (unpaired) electrons. The summed E-state index contributed by atoms with van der Waals surface area (Å²) in [5.74, 6) is 0.828. The molecule has 1 aromatic carbocycles. The van der Waals surface area contributed by atoms with Crippen molar-refractivity contribution < 1.29 is 0 Å². The van der Waals surface area contributed by atoms with Crippen LogP contribution < -0.4 is 0 Å². The predicted octanol–water partition coefficient (Wildman–Crippen LogP) is 3.05. The molecule has 0 amide bonds. The van der Waals surface area contributed by atoms with Gasteiger partial charge in [-0.3, -0.25) is 0 Å². The Kier molecular flexibility index (Phi) is 4.02. The van der Waals surface area contributed by atoms with Crippen molar-refractivity contribution in [1.29, 1.82) is 0 Å². The molecule has 2 heteroatoms. The first-order chi connectivity index (χ1) is 5.36. The minimum absolute atomic E-state index is 0.828. The molecule has 0 unspecified atom stereocenters. The zero-order valence-corrected chi connectivity index (χ0v) is 8.74. The van der Waals surface area contributed by atoms with Gasteiger partial charge in [-0.2, -0.15) is 12.6 Å². The van der Waals surface area contributed by atoms with Gasteiger partial charge in [-0.25, -0.2) is 0 Å². The van der Waals surface area contributed by atoms with Crippen LogP contribution in [0.15, 0.2) is 24.3 Å². The molecule has 1 aromatic rings. The number of alkyl halides is 1. The van der Waals surface area contributed by atoms with E-state index in [1.165, 1.54) is 11.1 Å². The van der Waals surface area contributed by atoms with Crippen LogP contribution in [0.1, 0.15) is 11.1 Å². The zero-order chi connectivity index (χ0) is 8.10. The van der Waals surface area contributed by atoms with Crippen molar-refractivity contribution in [2.24, 2.45) is 0 Å². The van der Waals surface area contributed by atoms with Crippen LogP contribution in [0.25, 0.3) is 0 Å². The van der Waals surface area contributed by atoms with E-state index < -0.39 is 0 Å². The van der Waals surface area contributed by atoms with Crippen molar-refractivity contribution >= 4 is 28.6 Å². The summed E-state index contributed by atoms with van der Waals surface area (Å²) in [4.78, 5) is 0. The van der Waals surface area contributed by atoms with Gasteiger partial charge in [0.2, 0.25) is 0 Å². The Morgan fingerprint density at radius 3 is 2.09 bits per heavy atom. The van der Waals surface area contributed by atoms with Gasteiger partial charge in [-0.15, -0.1) is 0 Å². The lowest BCUT2D eigenvalue weighted by molar-refractivity contribution is 1.16. The lowest BCUT2D eigenvalue weighted by atomic mass is 10.1. The summed E-state index contributed by atoms with van der Waals surface area (Å²) in [6.45, 7) is 0. The lowest BCUT2D eigenvalue weighted by Crippen LogP contribution is -1.85. The van der Waals surface area contributed by atoms with Gasteiger partial charge >= 0.3 is 0 Å². The molecule has 0 aliphatic carbocycles. The predicted molar refractivity (Wildman–Crippen MR) is 56.6 cm³/mol. The molecule has 1 rings (SSSR count). The zero-order valence-electron chi connectivity index (χ0n) is 6.26. The van der Waals surface area contributed by atoms with E-state index in [4.69, 9.17) is 0 Å². The number of thiol groups is 1. The van der Waals surface area contributed by atoms with Gasteiger partial charge in [-0.1, -0.05) is 40.2 Å². The van der Waals surface area contributed by atoms with Crippen molar-refractivity contribution in [2.45, 2.75) is 12.2 Å². The Labute approximate surface area is 81.5 Å². The minimum Gasteiger partial charge on any atom is -0.175 e. The quantitative estimate of drug-likeness (QED) is 0.599. The number of hydrogen-bond acceptors (Lipinski definition) is 1. The highest BCUT2D eigenvalue weighted by atomic mass is 79.9. The topological polar surface area (TPSA) is 0 Å². The molecular formula is C9H11BrS. The second-order valence-electron chi connectivity index (χ2n) is 2.41. The van der Waals surface area contributed by atoms with Crippen molar-refractivity contribution in [3.8, 4) is 0 Å². The summed E-state index contributed by atoms with van der Waals surface area (Å²) >= 11 is 7.59. The number of hydrogen-bond donors (Lipinski definition) is 1. The number of aryl methyl sites for hydroxylation is 1. The van der Waals surface area contributed by atoms with E-state index in [-0.39, 0.29) is 0 Å². The molecule has 0 saturated heterocycles. The average Bonchev–Trinajstić information content (AvgIpc) is 2.07. The maximum absolute atomic E-state index is 4.19. The van der Waals surface area contributed by atoms with Gasteiger partial charge in [0.1, 0.15) is 0 Å². The minimum atomic E-state index is 0.828. The summed E-state index contributed by atoms with van der Waals surface area (Å²) in [6.07, 6.45) is 1.10. The first kappa shape index (κ1) is 9.14. The van der Waals surface area contributed by atoms with Gasteiger partial charge in [0, 0.05) is 11.1 Å². The fraction of sp³-hybridized carbons (Fsp3) is 0.333. The SMILES string of the molecule is SCc1ccc(CCBr)cc1. The highest BCUT2D eigenvalue weighted by Crippen LogP contribution is 2.07. The smallest absolute Gasteiger partial charge is 0.0154 e. The number of rotatable bonds is 3. The molecule has 0 saturated carbocycles. The Hall–Kier alpha value is 0.0500. The van der Waals surface area contributed by atoms with E-state index in [1.807, 2.05) is 0 Å². The summed E-state index contributed by atoms with van der Waals surface area (Å²) < 4.78 is 0. The summed E-state index contributed by atoms with van der Waals surface area (Å²) in [7, 11) is 0. The molecule has 0 aromatic heterocycles. The molecule has 0 aliphatic heterocycles. The normalized spacial score (nSPS) is 10.0. The van der Waals surface area contributed by atoms with Crippen molar-refractivity contribution in [3.05, 3.63) is 35.4 Å². The third kappa shape index (κ3) is 2.88. The van der Waals surface area contributed by atoms with Crippen LogP contribution in [0.5, 0.6) is 0 Å². The Morgan fingerprint density at radius 1 is 1.09 bits per heavy atom. The highest BCUT2D eigenvalue weighted by molar-refractivity contribution is 9.09. The monoisotopic (exact) mass is 230 g/mol. The molecule has 0 N–H and O–H groups in total. The van der Waals surface area contributed by atoms with Crippen LogP contribution in [0.2, 0.25) is 0 Å². The van der Waals surface area contributed by atoms with Crippen LogP contribution in [-0.2, 0) is 12.2 Å². The molecule has 0 aliphatic rings. The van der Waals surface area contributed by atoms with Gasteiger partial charge in [0.05, 0.1) is 0 Å². The molecule has 60 valence electrons. The van der Waals surface area contributed by atoms with Gasteiger partial charge in [-0.05, 0) is 17.5 Å². The molecule has 0 spiro atoms. The van der Waals surface area contributed by atoms with Crippen LogP contribution in [0.3, 0.4) is 0 Å². The fourth-order valence-electron chi connectivity index (χ4n) is 0.920. The van der Waals surface area contributed by atoms with Crippen LogP contribution in [0, 0.1) is 0 Å². The average molecular weight is 231 g/mol. The van der Waals surface area contributed by atoms with Gasteiger partial charge in [0.25, 0.3) is 0 Å². The molecule has 0 nitrogen and oxygen atoms in total. The van der Waals surface area contributed by atoms with E-state index in [1.54, 1.807) is 0 Å². The van der Waals surface area contributed by atoms with Crippen molar-refractivity contribution in [3.63, 3.8) is 0 Å². The van der Waals surface area contributed by atoms with Crippen LogP contribution in [0.4, 0.5) is 0 Å². The molecular weight excluding hydrogens is 220 g/mol. The molecule has 0 bridgehead atoms.